The minimum Gasteiger partial charge on any atom is -0.387 e. The molecule has 3 unspecified atom stereocenters. The molecule has 0 saturated heterocycles. The van der Waals surface area contributed by atoms with E-state index in [1.165, 1.54) is 180 Å². The number of unbranched alkanes of at least 4 members (excludes halogenated alkanes) is 31. The fourth-order valence-electron chi connectivity index (χ4n) is 7.41. The summed E-state index contributed by atoms with van der Waals surface area (Å²) in [6.07, 6.45) is 51.4. The number of likely N-dealkylation sites (N-methyl/N-ethyl adjacent to an activating group) is 1. The maximum absolute atomic E-state index is 12.8. The Labute approximate surface area is 366 Å². The first-order valence-electron chi connectivity index (χ1n) is 25.2. The second-order valence-electron chi connectivity index (χ2n) is 18.5. The quantitative estimate of drug-likeness (QED) is 0.0244. The van der Waals surface area contributed by atoms with Crippen LogP contribution in [0.25, 0.3) is 0 Å². The molecule has 8 nitrogen and oxygen atoms in total. The van der Waals surface area contributed by atoms with Crippen molar-refractivity contribution in [3.63, 3.8) is 0 Å². The predicted molar refractivity (Wildman–Crippen MR) is 254 cm³/mol. The van der Waals surface area contributed by atoms with Gasteiger partial charge in [0.25, 0.3) is 0 Å². The normalized spacial score (nSPS) is 14.4. The molecule has 3 N–H and O–H groups in total. The first-order chi connectivity index (χ1) is 28.5. The summed E-state index contributed by atoms with van der Waals surface area (Å²) < 4.78 is 23.5. The zero-order valence-electron chi connectivity index (χ0n) is 39.8. The van der Waals surface area contributed by atoms with E-state index in [4.69, 9.17) is 9.05 Å². The molecule has 0 heterocycles. The first-order valence-corrected chi connectivity index (χ1v) is 26.7. The Hall–Kier alpha value is -1.02. The molecule has 0 aliphatic carbocycles. The molecule has 0 saturated carbocycles. The molecule has 0 aromatic carbocycles. The van der Waals surface area contributed by atoms with Crippen LogP contribution in [0.1, 0.15) is 239 Å². The molecule has 0 radical (unpaired) electrons. The molecule has 1 amide bonds. The summed E-state index contributed by atoms with van der Waals surface area (Å²) in [6, 6.07) is -0.857. The lowest BCUT2D eigenvalue weighted by molar-refractivity contribution is -0.870. The summed E-state index contributed by atoms with van der Waals surface area (Å²) >= 11 is 0. The van der Waals surface area contributed by atoms with Gasteiger partial charge < -0.3 is 19.8 Å². The van der Waals surface area contributed by atoms with E-state index in [1.54, 1.807) is 6.08 Å². The Balaban J connectivity index is 4.19. The van der Waals surface area contributed by atoms with Gasteiger partial charge in [-0.15, -0.1) is 0 Å². The third-order valence-electron chi connectivity index (χ3n) is 11.4. The maximum Gasteiger partial charge on any atom is 0.472 e. The van der Waals surface area contributed by atoms with E-state index in [0.29, 0.717) is 17.4 Å². The zero-order valence-corrected chi connectivity index (χ0v) is 40.7. The van der Waals surface area contributed by atoms with E-state index >= 15 is 0 Å². The largest absolute Gasteiger partial charge is 0.472 e. The van der Waals surface area contributed by atoms with Gasteiger partial charge in [-0.25, -0.2) is 4.57 Å². The lowest BCUT2D eigenvalue weighted by Crippen LogP contribution is -2.45. The van der Waals surface area contributed by atoms with Crippen molar-refractivity contribution in [3.8, 4) is 0 Å². The number of allylic oxidation sites excluding steroid dienone is 3. The third-order valence-corrected chi connectivity index (χ3v) is 12.4. The van der Waals surface area contributed by atoms with E-state index in [2.05, 4.69) is 31.3 Å². The molecule has 0 bridgehead atoms. The fraction of sp³-hybridized carbons (Fsp3) is 0.900. The highest BCUT2D eigenvalue weighted by atomic mass is 31.2. The number of carbonyl (C=O) groups excluding carboxylic acids is 1. The number of rotatable bonds is 46. The van der Waals surface area contributed by atoms with Crippen molar-refractivity contribution in [1.29, 1.82) is 0 Å². The van der Waals surface area contributed by atoms with Crippen molar-refractivity contribution in [2.45, 2.75) is 251 Å². The zero-order chi connectivity index (χ0) is 43.6. The van der Waals surface area contributed by atoms with Gasteiger partial charge in [0, 0.05) is 6.42 Å². The Bertz CT molecular complexity index is 1020. The van der Waals surface area contributed by atoms with Crippen molar-refractivity contribution in [3.05, 3.63) is 24.3 Å². The van der Waals surface area contributed by atoms with E-state index < -0.39 is 20.0 Å². The maximum atomic E-state index is 12.8. The standard InChI is InChI=1S/C50H99N2O6P/c1-6-8-10-12-14-16-18-19-20-21-22-23-24-25-26-27-28-29-30-31-32-33-34-35-37-39-41-43-49(53)48(47-58-59(55,56)57-46-45-52(3,4)5)51-50(54)44-42-40-38-36-17-15-13-11-9-7-2/h34-35,41,43,48-49,53H,6-33,36-40,42,44-47H2,1-5H3,(H-,51,54,55,56)/p+1/b35-34+,43-41+. The molecule has 0 aliphatic heterocycles. The first kappa shape index (κ1) is 58.0. The van der Waals surface area contributed by atoms with Crippen LogP contribution in [-0.2, 0) is 18.4 Å². The van der Waals surface area contributed by atoms with Gasteiger partial charge >= 0.3 is 7.82 Å². The number of nitrogens with one attached hydrogen (secondary N) is 1. The summed E-state index contributed by atoms with van der Waals surface area (Å²) in [7, 11) is 1.56. The van der Waals surface area contributed by atoms with Crippen LogP contribution in [0.3, 0.4) is 0 Å². The molecule has 0 fully saturated rings. The van der Waals surface area contributed by atoms with Crippen LogP contribution in [0, 0.1) is 0 Å². The van der Waals surface area contributed by atoms with E-state index in [-0.39, 0.29) is 19.1 Å². The number of quaternary nitrogens is 1. The number of nitrogens with zero attached hydrogens (tertiary/aromatic N) is 1. The Morgan fingerprint density at radius 2 is 0.932 bits per heavy atom. The highest BCUT2D eigenvalue weighted by molar-refractivity contribution is 7.47. The number of aliphatic hydroxyl groups excluding tert-OH is 1. The molecule has 59 heavy (non-hydrogen) atoms. The second kappa shape index (κ2) is 42.3. The molecular formula is C50H100N2O6P+. The smallest absolute Gasteiger partial charge is 0.387 e. The minimum atomic E-state index is -4.34. The number of aliphatic hydroxyl groups is 1. The van der Waals surface area contributed by atoms with Gasteiger partial charge in [-0.1, -0.05) is 224 Å². The Morgan fingerprint density at radius 1 is 0.559 bits per heavy atom. The van der Waals surface area contributed by atoms with Crippen molar-refractivity contribution >= 4 is 13.7 Å². The van der Waals surface area contributed by atoms with Crippen LogP contribution >= 0.6 is 7.82 Å². The van der Waals surface area contributed by atoms with Crippen molar-refractivity contribution in [2.24, 2.45) is 0 Å². The van der Waals surface area contributed by atoms with Crippen LogP contribution in [0.2, 0.25) is 0 Å². The van der Waals surface area contributed by atoms with Gasteiger partial charge in [0.2, 0.25) is 5.91 Å². The minimum absolute atomic E-state index is 0.0582. The molecule has 0 spiro atoms. The van der Waals surface area contributed by atoms with Gasteiger partial charge in [0.05, 0.1) is 39.9 Å². The fourth-order valence-corrected chi connectivity index (χ4v) is 8.15. The number of hydrogen-bond donors (Lipinski definition) is 3. The van der Waals surface area contributed by atoms with Gasteiger partial charge in [-0.05, 0) is 32.1 Å². The van der Waals surface area contributed by atoms with Gasteiger partial charge in [-0.3, -0.25) is 13.8 Å². The highest BCUT2D eigenvalue weighted by Crippen LogP contribution is 2.43. The van der Waals surface area contributed by atoms with E-state index in [0.717, 1.165) is 38.5 Å². The number of carbonyl (C=O) groups is 1. The van der Waals surface area contributed by atoms with Crippen LogP contribution in [-0.4, -0.2) is 73.4 Å². The molecule has 3 atom stereocenters. The monoisotopic (exact) mass is 856 g/mol. The van der Waals surface area contributed by atoms with Crippen LogP contribution in [0.5, 0.6) is 0 Å². The highest BCUT2D eigenvalue weighted by Gasteiger charge is 2.27. The topological polar surface area (TPSA) is 105 Å². The van der Waals surface area contributed by atoms with E-state index in [9.17, 15) is 19.4 Å². The van der Waals surface area contributed by atoms with Crippen molar-refractivity contribution in [1.82, 2.24) is 5.32 Å². The average Bonchev–Trinajstić information content (AvgIpc) is 3.19. The lowest BCUT2D eigenvalue weighted by atomic mass is 10.0. The number of hydrogen-bond acceptors (Lipinski definition) is 5. The second-order valence-corrected chi connectivity index (χ2v) is 20.0. The summed E-state index contributed by atoms with van der Waals surface area (Å²) in [5.74, 6) is -0.188. The Morgan fingerprint density at radius 3 is 1.36 bits per heavy atom. The number of phosphoric acid groups is 1. The summed E-state index contributed by atoms with van der Waals surface area (Å²) in [6.45, 7) is 4.79. The lowest BCUT2D eigenvalue weighted by Gasteiger charge is -2.25. The van der Waals surface area contributed by atoms with Crippen molar-refractivity contribution in [2.75, 3.05) is 40.9 Å². The molecule has 9 heteroatoms. The van der Waals surface area contributed by atoms with Crippen LogP contribution < -0.4 is 5.32 Å². The average molecular weight is 856 g/mol. The number of phosphoric ester groups is 1. The molecule has 0 aromatic heterocycles. The third kappa shape index (κ3) is 44.8. The summed E-state index contributed by atoms with van der Waals surface area (Å²) in [5.41, 5.74) is 0. The molecule has 350 valence electrons. The van der Waals surface area contributed by atoms with Gasteiger partial charge in [0.1, 0.15) is 13.2 Å². The van der Waals surface area contributed by atoms with Crippen LogP contribution in [0.15, 0.2) is 24.3 Å². The van der Waals surface area contributed by atoms with E-state index in [1.807, 2.05) is 27.2 Å². The molecular weight excluding hydrogens is 756 g/mol. The summed E-state index contributed by atoms with van der Waals surface area (Å²) in [5, 5.41) is 13.8. The summed E-state index contributed by atoms with van der Waals surface area (Å²) in [4.78, 5) is 23.1. The Kier molecular flexibility index (Phi) is 41.6. The predicted octanol–water partition coefficient (Wildman–Crippen LogP) is 14.5. The molecule has 0 aromatic rings. The van der Waals surface area contributed by atoms with Crippen LogP contribution in [0.4, 0.5) is 0 Å². The number of amides is 1. The van der Waals surface area contributed by atoms with Gasteiger partial charge in [-0.2, -0.15) is 0 Å². The van der Waals surface area contributed by atoms with Gasteiger partial charge in [0.15, 0.2) is 0 Å². The molecule has 0 rings (SSSR count). The molecule has 0 aliphatic rings. The van der Waals surface area contributed by atoms with Crippen molar-refractivity contribution < 1.29 is 32.9 Å². The SMILES string of the molecule is CCCCCCCCCCCCCCCCCCCCCCC/C=C/CC/C=C/C(O)C(COP(=O)(O)OCC[N+](C)(C)C)NC(=O)CCCCCCCCCCCC.